The van der Waals surface area contributed by atoms with Crippen molar-refractivity contribution < 1.29 is 41.4 Å². The van der Waals surface area contributed by atoms with E-state index in [1.807, 2.05) is 62.4 Å². The van der Waals surface area contributed by atoms with Crippen molar-refractivity contribution in [1.29, 1.82) is 0 Å². The minimum Gasteiger partial charge on any atom is -0.440 e. The van der Waals surface area contributed by atoms with Gasteiger partial charge in [0.15, 0.2) is 17.7 Å². The lowest BCUT2D eigenvalue weighted by Crippen LogP contribution is -2.53. The van der Waals surface area contributed by atoms with Crippen molar-refractivity contribution in [2.45, 2.75) is 114 Å². The average Bonchev–Trinajstić information content (AvgIpc) is 3.77. The van der Waals surface area contributed by atoms with Gasteiger partial charge in [-0.3, -0.25) is 9.84 Å². The number of anilines is 1. The van der Waals surface area contributed by atoms with Crippen molar-refractivity contribution in [3.05, 3.63) is 102 Å². The van der Waals surface area contributed by atoms with E-state index in [1.54, 1.807) is 0 Å². The fraction of sp³-hybridized carbons (Fsp3) is 0.426. The second-order valence-electron chi connectivity index (χ2n) is 16.5. The summed E-state index contributed by atoms with van der Waals surface area (Å²) in [5, 5.41) is 9.10. The van der Waals surface area contributed by atoms with Crippen molar-refractivity contribution in [2.75, 3.05) is 18.5 Å². The number of aryl methyl sites for hydroxylation is 2. The first kappa shape index (κ1) is 37.8. The van der Waals surface area contributed by atoms with E-state index in [1.165, 1.54) is 0 Å². The molecule has 10 rings (SSSR count). The van der Waals surface area contributed by atoms with E-state index in [-0.39, 0.29) is 13.2 Å². The van der Waals surface area contributed by atoms with Gasteiger partial charge >= 0.3 is 14.3 Å². The average molecular weight is 804 g/mol. The van der Waals surface area contributed by atoms with Crippen LogP contribution in [0.25, 0.3) is 43.5 Å². The van der Waals surface area contributed by atoms with E-state index in [0.717, 1.165) is 108 Å². The minimum absolute atomic E-state index is 0.226. The number of hydrogen-bond donors (Lipinski definition) is 1. The Morgan fingerprint density at radius 1 is 0.655 bits per heavy atom. The Morgan fingerprint density at radius 3 is 1.69 bits per heavy atom. The molecule has 2 saturated heterocycles. The molecule has 3 heterocycles. The Balaban J connectivity index is 1.11. The lowest BCUT2D eigenvalue weighted by Gasteiger charge is -2.36. The molecule has 1 aromatic heterocycles. The zero-order valence-electron chi connectivity index (χ0n) is 33.1. The maximum atomic E-state index is 14.1. The molecule has 2 spiro atoms. The van der Waals surface area contributed by atoms with Crippen LogP contribution in [0.3, 0.4) is 0 Å². The van der Waals surface area contributed by atoms with E-state index in [4.69, 9.17) is 36.6 Å². The van der Waals surface area contributed by atoms with Gasteiger partial charge in [-0.05, 0) is 96.5 Å². The largest absolute Gasteiger partial charge is 0.440 e. The fourth-order valence-electron chi connectivity index (χ4n) is 9.69. The van der Waals surface area contributed by atoms with Gasteiger partial charge in [0, 0.05) is 42.1 Å². The predicted octanol–water partition coefficient (Wildman–Crippen LogP) is 11.8. The normalized spacial score (nSPS) is 22.5. The van der Waals surface area contributed by atoms with Gasteiger partial charge in [0.1, 0.15) is 29.5 Å². The molecule has 0 unspecified atom stereocenters. The van der Waals surface area contributed by atoms with E-state index in [0.29, 0.717) is 16.9 Å². The van der Waals surface area contributed by atoms with Crippen LogP contribution < -0.4 is 9.84 Å². The Kier molecular flexibility index (Phi) is 10.2. The molecular formula is C47H50NO9P. The van der Waals surface area contributed by atoms with Gasteiger partial charge in [-0.2, -0.15) is 0 Å². The number of carbonyl (C=O) groups excluding carboxylic acids is 1. The number of hydrogen-bond acceptors (Lipinski definition) is 9. The van der Waals surface area contributed by atoms with Gasteiger partial charge in [-0.25, -0.2) is 4.79 Å². The number of benzene rings is 5. The Bertz CT molecular complexity index is 2400. The second-order valence-corrected chi connectivity index (χ2v) is 17.6. The molecule has 2 aliphatic heterocycles. The molecule has 4 fully saturated rings. The van der Waals surface area contributed by atoms with Gasteiger partial charge in [-0.1, -0.05) is 79.6 Å². The third-order valence-corrected chi connectivity index (χ3v) is 13.4. The van der Waals surface area contributed by atoms with Crippen LogP contribution in [0.2, 0.25) is 0 Å². The van der Waals surface area contributed by atoms with Crippen molar-refractivity contribution >= 4 is 63.5 Å². The van der Waals surface area contributed by atoms with Crippen LogP contribution in [-0.4, -0.2) is 55.3 Å². The first-order valence-corrected chi connectivity index (χ1v) is 22.0. The molecule has 302 valence electrons. The molecule has 0 radical (unpaired) electrons. The van der Waals surface area contributed by atoms with Gasteiger partial charge in [0.25, 0.3) is 0 Å². The van der Waals surface area contributed by atoms with Gasteiger partial charge in [-0.15, -0.1) is 0 Å². The highest BCUT2D eigenvalue weighted by Crippen LogP contribution is 2.46. The molecule has 1 N–H and O–H groups in total. The molecule has 2 saturated carbocycles. The molecule has 5 aromatic carbocycles. The summed E-state index contributed by atoms with van der Waals surface area (Å²) in [6.45, 7) is 4.47. The number of carbonyl (C=O) groups is 1. The second kappa shape index (κ2) is 15.6. The summed E-state index contributed by atoms with van der Waals surface area (Å²) in [4.78, 5) is 14.1. The van der Waals surface area contributed by atoms with Crippen LogP contribution in [0, 0.1) is 13.8 Å². The Hall–Kier alpha value is -4.41. The van der Waals surface area contributed by atoms with Crippen LogP contribution in [0.1, 0.15) is 75.3 Å². The summed E-state index contributed by atoms with van der Waals surface area (Å²) in [5.74, 6) is -1.47. The number of fused-ring (bicyclic) bond motifs is 7. The van der Waals surface area contributed by atoms with Crippen LogP contribution in [0.5, 0.6) is 0 Å². The Morgan fingerprint density at radius 2 is 1.16 bits per heavy atom. The molecule has 4 atom stereocenters. The summed E-state index contributed by atoms with van der Waals surface area (Å²) < 4.78 is 54.2. The maximum absolute atomic E-state index is 14.1. The molecule has 11 heteroatoms. The summed E-state index contributed by atoms with van der Waals surface area (Å²) >= 11 is 0. The number of rotatable bonds is 7. The summed E-state index contributed by atoms with van der Waals surface area (Å²) in [6, 6.07) is 30.6. The highest BCUT2D eigenvalue weighted by atomic mass is 31.1. The van der Waals surface area contributed by atoms with Crippen LogP contribution in [0.4, 0.5) is 10.5 Å². The van der Waals surface area contributed by atoms with Crippen molar-refractivity contribution in [3.63, 3.8) is 0 Å². The molecule has 4 aliphatic rings. The van der Waals surface area contributed by atoms with Crippen LogP contribution in [0.15, 0.2) is 99.4 Å². The number of nitrogens with one attached hydrogen (secondary N) is 1. The van der Waals surface area contributed by atoms with Gasteiger partial charge < -0.3 is 32.1 Å². The minimum atomic E-state index is -2.16. The van der Waals surface area contributed by atoms with E-state index in [2.05, 4.69) is 47.8 Å². The summed E-state index contributed by atoms with van der Waals surface area (Å²) in [5.41, 5.74) is 3.97. The highest BCUT2D eigenvalue weighted by molar-refractivity contribution is 7.31. The first-order valence-electron chi connectivity index (χ1n) is 20.9. The lowest BCUT2D eigenvalue weighted by molar-refractivity contribution is -0.212. The molecule has 2 aliphatic carbocycles. The number of amides is 1. The van der Waals surface area contributed by atoms with Crippen molar-refractivity contribution in [3.8, 4) is 0 Å². The lowest BCUT2D eigenvalue weighted by atomic mass is 9.94. The molecule has 58 heavy (non-hydrogen) atoms. The predicted molar refractivity (Wildman–Crippen MR) is 225 cm³/mol. The van der Waals surface area contributed by atoms with E-state index >= 15 is 0 Å². The van der Waals surface area contributed by atoms with Gasteiger partial charge in [0.05, 0.1) is 13.2 Å². The van der Waals surface area contributed by atoms with E-state index < -0.39 is 50.3 Å². The SMILES string of the molecule is Cc1cc(C)cc(NC(=O)O[C@@H]([C@H](Op2oc3ccc4ccccc4c3c3c(ccc4ccccc43)o2)[C@H]2COC3(CCCCC3)O2)[C@H]2COC3(CCCCC3)O2)c1. The fourth-order valence-corrected chi connectivity index (χ4v) is 10.9. The molecule has 6 aromatic rings. The van der Waals surface area contributed by atoms with Gasteiger partial charge in [0.2, 0.25) is 0 Å². The molecular weight excluding hydrogens is 753 g/mol. The van der Waals surface area contributed by atoms with Crippen molar-refractivity contribution in [1.82, 2.24) is 0 Å². The summed E-state index contributed by atoms with van der Waals surface area (Å²) in [7, 11) is -2.16. The smallest absolute Gasteiger partial charge is 0.412 e. The molecule has 10 nitrogen and oxygen atoms in total. The van der Waals surface area contributed by atoms with Crippen LogP contribution in [-0.2, 0) is 23.7 Å². The zero-order chi connectivity index (χ0) is 39.3. The Labute approximate surface area is 338 Å². The quantitative estimate of drug-likeness (QED) is 0.169. The standard InChI is InChI=1S/C47H50NO9P/c1-30-25-31(2)27-34(26-30)48-45(49)52-43(39-28-50-46(53-39)21-9-3-10-22-46)44(40-29-51-47(54-40)23-11-4-12-24-47)57-58-55-37-19-17-32-13-5-7-15-35(32)41(37)42-36-16-8-6-14-33(36)18-20-38(42)56-58/h5-8,13-20,25-27,39-40,43-44H,3-4,9-12,21-24,28-29H2,1-2H3,(H,48,49)/t39-,40-,43-,44-/m1/s1. The number of ether oxygens (including phenoxy) is 5. The third kappa shape index (κ3) is 7.40. The zero-order valence-corrected chi connectivity index (χ0v) is 34.0. The third-order valence-electron chi connectivity index (χ3n) is 12.3. The van der Waals surface area contributed by atoms with E-state index in [9.17, 15) is 4.79 Å². The summed E-state index contributed by atoms with van der Waals surface area (Å²) in [6.07, 6.45) is 5.57. The van der Waals surface area contributed by atoms with Crippen molar-refractivity contribution in [2.24, 2.45) is 0 Å². The maximum Gasteiger partial charge on any atom is 0.412 e. The topological polar surface area (TPSA) is 111 Å². The highest BCUT2D eigenvalue weighted by Gasteiger charge is 2.54. The van der Waals surface area contributed by atoms with Crippen LogP contribution >= 0.6 is 8.24 Å². The molecule has 1 amide bonds. The first-order chi connectivity index (χ1) is 28.3. The monoisotopic (exact) mass is 803 g/mol. The molecule has 0 bridgehead atoms.